The van der Waals surface area contributed by atoms with Crippen LogP contribution in [0.25, 0.3) is 0 Å². The zero-order valence-electron chi connectivity index (χ0n) is 16.2. The average Bonchev–Trinajstić information content (AvgIpc) is 3.32. The van der Waals surface area contributed by atoms with Gasteiger partial charge in [0.2, 0.25) is 0 Å². The third-order valence-electron chi connectivity index (χ3n) is 5.00. The lowest BCUT2D eigenvalue weighted by Crippen LogP contribution is -2.31. The number of hydrogen-bond donors (Lipinski definition) is 2. The third kappa shape index (κ3) is 4.13. The number of nitrogens with one attached hydrogen (secondary N) is 2. The SMILES string of the molecule is CCc1ccc(CN2CCc3c(C(=O)NCc4n[nH]c(C)n4)csc3C2)nc1. The predicted molar refractivity (Wildman–Crippen MR) is 108 cm³/mol. The Balaban J connectivity index is 1.37. The largest absolute Gasteiger partial charge is 0.345 e. The number of H-pyrrole nitrogens is 1. The molecule has 0 unspecified atom stereocenters. The van der Waals surface area contributed by atoms with Crippen LogP contribution in [0.3, 0.4) is 0 Å². The van der Waals surface area contributed by atoms with E-state index in [-0.39, 0.29) is 5.91 Å². The lowest BCUT2D eigenvalue weighted by atomic mass is 10.0. The first-order valence-corrected chi connectivity index (χ1v) is 10.4. The minimum absolute atomic E-state index is 0.0507. The van der Waals surface area contributed by atoms with E-state index in [9.17, 15) is 4.79 Å². The van der Waals surface area contributed by atoms with Crippen LogP contribution < -0.4 is 5.32 Å². The number of thiophene rings is 1. The van der Waals surface area contributed by atoms with Crippen molar-refractivity contribution in [3.05, 3.63) is 62.6 Å². The van der Waals surface area contributed by atoms with Gasteiger partial charge in [0.1, 0.15) is 5.82 Å². The van der Waals surface area contributed by atoms with Gasteiger partial charge >= 0.3 is 0 Å². The fourth-order valence-corrected chi connectivity index (χ4v) is 4.54. The molecule has 0 atom stereocenters. The van der Waals surface area contributed by atoms with Gasteiger partial charge in [0.15, 0.2) is 5.82 Å². The van der Waals surface area contributed by atoms with E-state index in [1.165, 1.54) is 16.0 Å². The maximum atomic E-state index is 12.6. The highest BCUT2D eigenvalue weighted by Crippen LogP contribution is 2.29. The fraction of sp³-hybridized carbons (Fsp3) is 0.400. The first-order valence-electron chi connectivity index (χ1n) is 9.54. The van der Waals surface area contributed by atoms with E-state index in [1.54, 1.807) is 11.3 Å². The van der Waals surface area contributed by atoms with E-state index < -0.39 is 0 Å². The molecule has 0 aromatic carbocycles. The Morgan fingerprint density at radius 3 is 3.00 bits per heavy atom. The van der Waals surface area contributed by atoms with E-state index in [0.717, 1.165) is 49.6 Å². The Hall–Kier alpha value is -2.58. The second kappa shape index (κ2) is 8.20. The topological polar surface area (TPSA) is 86.8 Å². The number of aromatic amines is 1. The number of pyridine rings is 1. The molecule has 0 spiro atoms. The minimum Gasteiger partial charge on any atom is -0.345 e. The highest BCUT2D eigenvalue weighted by Gasteiger charge is 2.24. The maximum absolute atomic E-state index is 12.6. The molecule has 0 aliphatic carbocycles. The van der Waals surface area contributed by atoms with Crippen LogP contribution in [0.2, 0.25) is 0 Å². The summed E-state index contributed by atoms with van der Waals surface area (Å²) >= 11 is 1.67. The number of aromatic nitrogens is 4. The van der Waals surface area contributed by atoms with Gasteiger partial charge in [-0.05, 0) is 37.0 Å². The molecule has 2 N–H and O–H groups in total. The highest BCUT2D eigenvalue weighted by molar-refractivity contribution is 7.10. The Morgan fingerprint density at radius 2 is 2.29 bits per heavy atom. The number of fused-ring (bicyclic) bond motifs is 1. The molecule has 4 heterocycles. The van der Waals surface area contributed by atoms with Crippen molar-refractivity contribution < 1.29 is 4.79 Å². The molecule has 1 aliphatic rings. The lowest BCUT2D eigenvalue weighted by molar-refractivity contribution is 0.0948. The summed E-state index contributed by atoms with van der Waals surface area (Å²) in [6.45, 7) is 6.95. The number of carbonyl (C=O) groups is 1. The predicted octanol–water partition coefficient (Wildman–Crippen LogP) is 2.62. The van der Waals surface area contributed by atoms with Crippen molar-refractivity contribution in [1.82, 2.24) is 30.4 Å². The lowest BCUT2D eigenvalue weighted by Gasteiger charge is -2.26. The van der Waals surface area contributed by atoms with Crippen molar-refractivity contribution >= 4 is 17.2 Å². The smallest absolute Gasteiger partial charge is 0.252 e. The summed E-state index contributed by atoms with van der Waals surface area (Å²) in [5.41, 5.74) is 4.33. The standard InChI is InChI=1S/C20H24N6OS/c1-3-14-4-5-15(21-8-14)10-26-7-6-16-17(12-28-18(16)11-26)20(27)22-9-19-23-13(2)24-25-19/h4-5,8,12H,3,6-7,9-11H2,1-2H3,(H,22,27)(H,23,24,25). The zero-order valence-corrected chi connectivity index (χ0v) is 17.0. The van der Waals surface area contributed by atoms with Gasteiger partial charge in [-0.1, -0.05) is 13.0 Å². The van der Waals surface area contributed by atoms with Crippen LogP contribution in [-0.2, 0) is 32.5 Å². The van der Waals surface area contributed by atoms with Crippen molar-refractivity contribution in [1.29, 1.82) is 0 Å². The molecule has 1 amide bonds. The van der Waals surface area contributed by atoms with Crippen molar-refractivity contribution in [3.63, 3.8) is 0 Å². The quantitative estimate of drug-likeness (QED) is 0.669. The molecule has 7 nitrogen and oxygen atoms in total. The fourth-order valence-electron chi connectivity index (χ4n) is 3.42. The Kier molecular flexibility index (Phi) is 5.50. The summed E-state index contributed by atoms with van der Waals surface area (Å²) in [6.07, 6.45) is 3.86. The number of rotatable bonds is 6. The number of amides is 1. The Labute approximate surface area is 168 Å². The van der Waals surface area contributed by atoms with E-state index in [2.05, 4.69) is 49.4 Å². The van der Waals surface area contributed by atoms with Gasteiger partial charge in [-0.2, -0.15) is 5.10 Å². The molecule has 0 bridgehead atoms. The van der Waals surface area contributed by atoms with Gasteiger partial charge < -0.3 is 5.32 Å². The van der Waals surface area contributed by atoms with Crippen LogP contribution in [0.15, 0.2) is 23.7 Å². The van der Waals surface area contributed by atoms with Crippen molar-refractivity contribution in [2.75, 3.05) is 6.54 Å². The Morgan fingerprint density at radius 1 is 1.39 bits per heavy atom. The van der Waals surface area contributed by atoms with Crippen molar-refractivity contribution in [2.24, 2.45) is 0 Å². The molecule has 4 rings (SSSR count). The second-order valence-electron chi connectivity index (χ2n) is 7.04. The number of hydrogen-bond acceptors (Lipinski definition) is 6. The monoisotopic (exact) mass is 396 g/mol. The van der Waals surface area contributed by atoms with Gasteiger partial charge in [0.25, 0.3) is 5.91 Å². The summed E-state index contributed by atoms with van der Waals surface area (Å²) in [5.74, 6) is 1.30. The van der Waals surface area contributed by atoms with Gasteiger partial charge in [0.05, 0.1) is 17.8 Å². The summed E-state index contributed by atoms with van der Waals surface area (Å²) in [7, 11) is 0. The van der Waals surface area contributed by atoms with Crippen LogP contribution in [0.4, 0.5) is 0 Å². The molecule has 3 aromatic heterocycles. The summed E-state index contributed by atoms with van der Waals surface area (Å²) in [4.78, 5) is 25.1. The minimum atomic E-state index is -0.0507. The van der Waals surface area contributed by atoms with E-state index in [1.807, 2.05) is 18.5 Å². The molecule has 1 aliphatic heterocycles. The molecule has 28 heavy (non-hydrogen) atoms. The molecule has 0 saturated heterocycles. The second-order valence-corrected chi connectivity index (χ2v) is 8.01. The van der Waals surface area contributed by atoms with Crippen molar-refractivity contribution in [2.45, 2.75) is 46.3 Å². The summed E-state index contributed by atoms with van der Waals surface area (Å²) in [5, 5.41) is 11.7. The number of aryl methyl sites for hydroxylation is 2. The van der Waals surface area contributed by atoms with Crippen molar-refractivity contribution in [3.8, 4) is 0 Å². The molecule has 0 fully saturated rings. The first kappa shape index (κ1) is 18.8. The molecular weight excluding hydrogens is 372 g/mol. The van der Waals surface area contributed by atoms with E-state index in [4.69, 9.17) is 0 Å². The first-order chi connectivity index (χ1) is 13.6. The molecule has 8 heteroatoms. The van der Waals surface area contributed by atoms with Crippen LogP contribution in [0.1, 0.15) is 50.6 Å². The highest BCUT2D eigenvalue weighted by atomic mass is 32.1. The Bertz CT molecular complexity index is 961. The maximum Gasteiger partial charge on any atom is 0.252 e. The van der Waals surface area contributed by atoms with E-state index in [0.29, 0.717) is 12.4 Å². The molecule has 3 aromatic rings. The number of nitrogens with zero attached hydrogens (tertiary/aromatic N) is 4. The molecule has 0 saturated carbocycles. The van der Waals surface area contributed by atoms with E-state index >= 15 is 0 Å². The molecule has 146 valence electrons. The average molecular weight is 397 g/mol. The zero-order chi connectivity index (χ0) is 19.5. The van der Waals surface area contributed by atoms with Crippen LogP contribution in [0.5, 0.6) is 0 Å². The normalized spacial score (nSPS) is 14.1. The summed E-state index contributed by atoms with van der Waals surface area (Å²) < 4.78 is 0. The van der Waals surface area contributed by atoms with Crippen LogP contribution >= 0.6 is 11.3 Å². The molecular formula is C20H24N6OS. The molecule has 0 radical (unpaired) electrons. The van der Waals surface area contributed by atoms with Gasteiger partial charge in [-0.3, -0.25) is 19.8 Å². The number of carbonyl (C=O) groups excluding carboxylic acids is 1. The van der Waals surface area contributed by atoms with Gasteiger partial charge in [-0.25, -0.2) is 4.98 Å². The summed E-state index contributed by atoms with van der Waals surface area (Å²) in [6, 6.07) is 4.27. The third-order valence-corrected chi connectivity index (χ3v) is 6.01. The van der Waals surface area contributed by atoms with Crippen LogP contribution in [-0.4, -0.2) is 37.5 Å². The van der Waals surface area contributed by atoms with Gasteiger partial charge in [0, 0.05) is 36.1 Å². The van der Waals surface area contributed by atoms with Gasteiger partial charge in [-0.15, -0.1) is 11.3 Å². The van der Waals surface area contributed by atoms with Crippen LogP contribution in [0, 0.1) is 6.92 Å².